The number of ether oxygens (including phenoxy) is 1. The summed E-state index contributed by atoms with van der Waals surface area (Å²) in [6, 6.07) is 1.31. The lowest BCUT2D eigenvalue weighted by molar-refractivity contribution is 0.0297. The van der Waals surface area contributed by atoms with E-state index in [1.807, 2.05) is 0 Å². The predicted octanol–water partition coefficient (Wildman–Crippen LogP) is 2.98. The maximum absolute atomic E-state index is 5.77. The van der Waals surface area contributed by atoms with Crippen LogP contribution in [0.25, 0.3) is 0 Å². The molecule has 2 rings (SSSR count). The minimum Gasteiger partial charge on any atom is -0.377 e. The summed E-state index contributed by atoms with van der Waals surface area (Å²) in [5, 5.41) is 3.36. The molecular weight excluding hydrogens is 286 g/mol. The molecule has 1 saturated heterocycles. The molecular formula is C19H41N3O. The second-order valence-electron chi connectivity index (χ2n) is 7.67. The van der Waals surface area contributed by atoms with Crippen LogP contribution >= 0.6 is 0 Å². The highest BCUT2D eigenvalue weighted by Gasteiger charge is 2.15. The van der Waals surface area contributed by atoms with Crippen LogP contribution in [-0.4, -0.2) is 74.4 Å². The molecule has 0 aromatic heterocycles. The summed E-state index contributed by atoms with van der Waals surface area (Å²) in [4.78, 5) is 4.92. The van der Waals surface area contributed by atoms with Crippen molar-refractivity contribution in [2.45, 2.75) is 78.0 Å². The predicted molar refractivity (Wildman–Crippen MR) is 100 cm³/mol. The largest absolute Gasteiger partial charge is 0.377 e. The summed E-state index contributed by atoms with van der Waals surface area (Å²) in [7, 11) is 2.19. The molecule has 0 spiro atoms. The molecule has 2 fully saturated rings. The van der Waals surface area contributed by atoms with Gasteiger partial charge >= 0.3 is 0 Å². The van der Waals surface area contributed by atoms with Gasteiger partial charge in [0, 0.05) is 44.8 Å². The second-order valence-corrected chi connectivity index (χ2v) is 7.67. The Morgan fingerprint density at radius 1 is 0.957 bits per heavy atom. The zero-order valence-electron chi connectivity index (χ0n) is 16.3. The van der Waals surface area contributed by atoms with Gasteiger partial charge in [0.1, 0.15) is 0 Å². The fraction of sp³-hybridized carbons (Fsp3) is 1.00. The van der Waals surface area contributed by atoms with E-state index in [-0.39, 0.29) is 0 Å². The van der Waals surface area contributed by atoms with Gasteiger partial charge in [-0.3, -0.25) is 4.90 Å². The number of hydrogen-bond acceptors (Lipinski definition) is 4. The minimum absolute atomic E-state index is 0.558. The van der Waals surface area contributed by atoms with Gasteiger partial charge in [0.25, 0.3) is 0 Å². The lowest BCUT2D eigenvalue weighted by atomic mass is 9.98. The van der Waals surface area contributed by atoms with Crippen LogP contribution in [0.3, 0.4) is 0 Å². The molecule has 1 heterocycles. The molecule has 1 N–H and O–H groups in total. The van der Waals surface area contributed by atoms with Crippen LogP contribution in [0.15, 0.2) is 0 Å². The summed E-state index contributed by atoms with van der Waals surface area (Å²) in [6.07, 6.45) is 7.25. The van der Waals surface area contributed by atoms with Crippen LogP contribution in [0.2, 0.25) is 0 Å². The molecule has 0 atom stereocenters. The van der Waals surface area contributed by atoms with Crippen LogP contribution < -0.4 is 5.32 Å². The lowest BCUT2D eigenvalue weighted by Gasteiger charge is -2.34. The number of hydrogen-bond donors (Lipinski definition) is 1. The first-order valence-electron chi connectivity index (χ1n) is 9.76. The van der Waals surface area contributed by atoms with E-state index in [4.69, 9.17) is 4.74 Å². The number of nitrogens with zero attached hydrogens (tertiary/aromatic N) is 2. The van der Waals surface area contributed by atoms with Gasteiger partial charge in [0.15, 0.2) is 0 Å². The highest BCUT2D eigenvalue weighted by atomic mass is 16.5. The summed E-state index contributed by atoms with van der Waals surface area (Å²) in [6.45, 7) is 15.7. The van der Waals surface area contributed by atoms with E-state index in [1.54, 1.807) is 0 Å². The molecule has 23 heavy (non-hydrogen) atoms. The normalized spacial score (nSPS) is 21.5. The smallest absolute Gasteiger partial charge is 0.0594 e. The van der Waals surface area contributed by atoms with E-state index in [0.717, 1.165) is 19.2 Å². The minimum atomic E-state index is 0.558. The molecule has 0 radical (unpaired) electrons. The standard InChI is InChI=1S/C11H23NO.C8H18N2/c1-10(2)12-8-9-13-11-6-4-3-5-7-11;1-8(2)10-6-4-9(3)5-7-10/h10-12H,3-9H2,1-2H3;8H,4-7H2,1-3H3. The fourth-order valence-electron chi connectivity index (χ4n) is 3.14. The Hall–Kier alpha value is -0.160. The molecule has 0 bridgehead atoms. The summed E-state index contributed by atoms with van der Waals surface area (Å²) < 4.78 is 5.77. The molecule has 4 nitrogen and oxygen atoms in total. The first-order valence-corrected chi connectivity index (χ1v) is 9.76. The van der Waals surface area contributed by atoms with E-state index in [2.05, 4.69) is 49.9 Å². The number of rotatable bonds is 6. The van der Waals surface area contributed by atoms with Crippen molar-refractivity contribution in [1.82, 2.24) is 15.1 Å². The van der Waals surface area contributed by atoms with Crippen molar-refractivity contribution >= 4 is 0 Å². The van der Waals surface area contributed by atoms with Crippen molar-refractivity contribution < 1.29 is 4.74 Å². The number of likely N-dealkylation sites (N-methyl/N-ethyl adjacent to an activating group) is 1. The zero-order chi connectivity index (χ0) is 17.1. The van der Waals surface area contributed by atoms with E-state index < -0.39 is 0 Å². The topological polar surface area (TPSA) is 27.7 Å². The van der Waals surface area contributed by atoms with Crippen molar-refractivity contribution in [2.24, 2.45) is 0 Å². The fourth-order valence-corrected chi connectivity index (χ4v) is 3.14. The van der Waals surface area contributed by atoms with Crippen molar-refractivity contribution in [3.63, 3.8) is 0 Å². The molecule has 2 aliphatic rings. The molecule has 0 aromatic carbocycles. The van der Waals surface area contributed by atoms with E-state index >= 15 is 0 Å². The van der Waals surface area contributed by atoms with Crippen LogP contribution in [-0.2, 0) is 4.74 Å². The highest BCUT2D eigenvalue weighted by Crippen LogP contribution is 2.19. The van der Waals surface area contributed by atoms with Gasteiger partial charge in [-0.05, 0) is 33.7 Å². The third-order valence-electron chi connectivity index (χ3n) is 4.83. The van der Waals surface area contributed by atoms with Gasteiger partial charge in [-0.25, -0.2) is 0 Å². The van der Waals surface area contributed by atoms with Crippen LogP contribution in [0.4, 0.5) is 0 Å². The Kier molecular flexibility index (Phi) is 11.1. The Labute approximate surface area is 144 Å². The Bertz CT molecular complexity index is 270. The third-order valence-corrected chi connectivity index (χ3v) is 4.83. The first-order chi connectivity index (χ1) is 11.0. The van der Waals surface area contributed by atoms with Crippen LogP contribution in [0, 0.1) is 0 Å². The molecule has 4 heteroatoms. The first kappa shape index (κ1) is 20.9. The van der Waals surface area contributed by atoms with Crippen LogP contribution in [0.1, 0.15) is 59.8 Å². The second kappa shape index (κ2) is 12.2. The van der Waals surface area contributed by atoms with E-state index in [0.29, 0.717) is 12.1 Å². The van der Waals surface area contributed by atoms with Crippen molar-refractivity contribution in [3.05, 3.63) is 0 Å². The SMILES string of the molecule is CC(C)N1CCN(C)CC1.CC(C)NCCOC1CCCCC1. The summed E-state index contributed by atoms with van der Waals surface area (Å²) in [5.41, 5.74) is 0. The van der Waals surface area contributed by atoms with Gasteiger partial charge < -0.3 is 15.0 Å². The van der Waals surface area contributed by atoms with Crippen molar-refractivity contribution in [2.75, 3.05) is 46.4 Å². The average Bonchev–Trinajstić information content (AvgIpc) is 2.53. The molecule has 0 aromatic rings. The van der Waals surface area contributed by atoms with Gasteiger partial charge in [-0.2, -0.15) is 0 Å². The van der Waals surface area contributed by atoms with Crippen molar-refractivity contribution in [1.29, 1.82) is 0 Å². The summed E-state index contributed by atoms with van der Waals surface area (Å²) >= 11 is 0. The summed E-state index contributed by atoms with van der Waals surface area (Å²) in [5.74, 6) is 0. The average molecular weight is 328 g/mol. The van der Waals surface area contributed by atoms with Gasteiger partial charge in [0.2, 0.25) is 0 Å². The maximum Gasteiger partial charge on any atom is 0.0594 e. The molecule has 138 valence electrons. The van der Waals surface area contributed by atoms with Gasteiger partial charge in [-0.1, -0.05) is 33.1 Å². The monoisotopic (exact) mass is 327 g/mol. The zero-order valence-corrected chi connectivity index (χ0v) is 16.3. The maximum atomic E-state index is 5.77. The van der Waals surface area contributed by atoms with Crippen molar-refractivity contribution in [3.8, 4) is 0 Å². The quantitative estimate of drug-likeness (QED) is 0.759. The van der Waals surface area contributed by atoms with E-state index in [1.165, 1.54) is 58.3 Å². The van der Waals surface area contributed by atoms with Gasteiger partial charge in [-0.15, -0.1) is 0 Å². The highest BCUT2D eigenvalue weighted by molar-refractivity contribution is 4.71. The third kappa shape index (κ3) is 10.3. The molecule has 1 aliphatic carbocycles. The van der Waals surface area contributed by atoms with Gasteiger partial charge in [0.05, 0.1) is 12.7 Å². The molecule has 0 amide bonds. The molecule has 0 unspecified atom stereocenters. The van der Waals surface area contributed by atoms with Crippen LogP contribution in [0.5, 0.6) is 0 Å². The Balaban J connectivity index is 0.000000238. The Morgan fingerprint density at radius 2 is 1.57 bits per heavy atom. The number of piperazine rings is 1. The lowest BCUT2D eigenvalue weighted by Crippen LogP contribution is -2.47. The Morgan fingerprint density at radius 3 is 2.09 bits per heavy atom. The van der Waals surface area contributed by atoms with E-state index in [9.17, 15) is 0 Å². The number of nitrogens with one attached hydrogen (secondary N) is 1. The molecule has 1 aliphatic heterocycles. The molecule has 1 saturated carbocycles.